The van der Waals surface area contributed by atoms with Crippen LogP contribution in [0.25, 0.3) is 0 Å². The van der Waals surface area contributed by atoms with Gasteiger partial charge in [-0.05, 0) is 77.5 Å². The lowest BCUT2D eigenvalue weighted by atomic mass is 9.88. The quantitative estimate of drug-likeness (QED) is 0.394. The molecule has 0 radical (unpaired) electrons. The van der Waals surface area contributed by atoms with Crippen molar-refractivity contribution in [3.63, 3.8) is 0 Å². The maximum Gasteiger partial charge on any atom is 0.334 e. The summed E-state index contributed by atoms with van der Waals surface area (Å²) >= 11 is 6.47. The van der Waals surface area contributed by atoms with Gasteiger partial charge in [0.1, 0.15) is 11.7 Å². The van der Waals surface area contributed by atoms with Crippen molar-refractivity contribution in [1.29, 1.82) is 0 Å². The third kappa shape index (κ3) is 5.71. The van der Waals surface area contributed by atoms with Gasteiger partial charge in [0.05, 0.1) is 11.0 Å². The minimum atomic E-state index is -1.08. The van der Waals surface area contributed by atoms with E-state index in [0.29, 0.717) is 37.7 Å². The summed E-state index contributed by atoms with van der Waals surface area (Å²) in [5, 5.41) is 10.3. The molecule has 1 aliphatic heterocycles. The Morgan fingerprint density at radius 1 is 1.32 bits per heavy atom. The number of halogens is 1. The van der Waals surface area contributed by atoms with Crippen LogP contribution in [0.2, 0.25) is 0 Å². The van der Waals surface area contributed by atoms with Crippen molar-refractivity contribution in [2.75, 3.05) is 0 Å². The molecule has 0 amide bonds. The highest BCUT2D eigenvalue weighted by Gasteiger charge is 2.34. The Labute approximate surface area is 172 Å². The first-order valence-electron chi connectivity index (χ1n) is 9.75. The van der Waals surface area contributed by atoms with Crippen LogP contribution in [0.1, 0.15) is 66.7 Å². The molecule has 156 valence electrons. The lowest BCUT2D eigenvalue weighted by Gasteiger charge is -2.30. The molecule has 5 nitrogen and oxygen atoms in total. The number of hydrogen-bond acceptors (Lipinski definition) is 5. The summed E-state index contributed by atoms with van der Waals surface area (Å²) in [4.78, 5) is 23.7. The Balaban J connectivity index is 2.39. The summed E-state index contributed by atoms with van der Waals surface area (Å²) in [6, 6.07) is 0. The molecule has 0 aromatic heterocycles. The van der Waals surface area contributed by atoms with E-state index in [2.05, 4.69) is 0 Å². The number of ether oxygens (including phenoxy) is 2. The van der Waals surface area contributed by atoms with Gasteiger partial charge in [0.15, 0.2) is 0 Å². The molecule has 28 heavy (non-hydrogen) atoms. The van der Waals surface area contributed by atoms with Gasteiger partial charge in [-0.1, -0.05) is 11.6 Å². The van der Waals surface area contributed by atoms with Gasteiger partial charge in [-0.3, -0.25) is 4.79 Å². The molecule has 1 heterocycles. The van der Waals surface area contributed by atoms with E-state index < -0.39 is 22.7 Å². The highest BCUT2D eigenvalue weighted by molar-refractivity contribution is 6.21. The van der Waals surface area contributed by atoms with Gasteiger partial charge < -0.3 is 14.6 Å². The maximum atomic E-state index is 12.1. The van der Waals surface area contributed by atoms with E-state index in [0.717, 1.165) is 11.1 Å². The van der Waals surface area contributed by atoms with Gasteiger partial charge in [0.25, 0.3) is 0 Å². The molecule has 6 heteroatoms. The molecular formula is C22H31ClO5. The van der Waals surface area contributed by atoms with E-state index in [-0.39, 0.29) is 11.9 Å². The van der Waals surface area contributed by atoms with E-state index in [4.69, 9.17) is 21.1 Å². The SMILES string of the molecule is CC(=O)OC1(C)C=CCC(C)(O)C(Cl)CCC(C)=CC2OC(=O)C(C)=C2CC1. The largest absolute Gasteiger partial charge is 0.455 e. The lowest BCUT2D eigenvalue weighted by Crippen LogP contribution is -2.35. The first-order valence-corrected chi connectivity index (χ1v) is 10.2. The second kappa shape index (κ2) is 8.83. The smallest absolute Gasteiger partial charge is 0.334 e. The molecule has 0 aromatic carbocycles. The van der Waals surface area contributed by atoms with Gasteiger partial charge in [0.2, 0.25) is 0 Å². The Bertz CT molecular complexity index is 718. The van der Waals surface area contributed by atoms with Crippen LogP contribution in [0.4, 0.5) is 0 Å². The normalized spacial score (nSPS) is 35.0. The Morgan fingerprint density at radius 2 is 2.00 bits per heavy atom. The summed E-state index contributed by atoms with van der Waals surface area (Å²) in [7, 11) is 0. The monoisotopic (exact) mass is 410 g/mol. The molecule has 1 aliphatic carbocycles. The fourth-order valence-electron chi connectivity index (χ4n) is 3.65. The highest BCUT2D eigenvalue weighted by atomic mass is 35.5. The van der Waals surface area contributed by atoms with Crippen molar-refractivity contribution in [2.24, 2.45) is 0 Å². The molecule has 0 bridgehead atoms. The van der Waals surface area contributed by atoms with Crippen LogP contribution in [-0.2, 0) is 19.1 Å². The number of alkyl halides is 1. The van der Waals surface area contributed by atoms with Crippen molar-refractivity contribution in [3.8, 4) is 0 Å². The Kier molecular flexibility index (Phi) is 7.16. The summed E-state index contributed by atoms with van der Waals surface area (Å²) < 4.78 is 11.1. The van der Waals surface area contributed by atoms with E-state index in [1.165, 1.54) is 6.92 Å². The van der Waals surface area contributed by atoms with Gasteiger partial charge in [-0.15, -0.1) is 11.6 Å². The highest BCUT2D eigenvalue weighted by Crippen LogP contribution is 2.34. The number of hydrogen-bond donors (Lipinski definition) is 1. The minimum Gasteiger partial charge on any atom is -0.455 e. The number of fused-ring (bicyclic) bond motifs is 1. The van der Waals surface area contributed by atoms with Gasteiger partial charge >= 0.3 is 11.9 Å². The van der Waals surface area contributed by atoms with E-state index in [1.807, 2.05) is 32.1 Å². The Hall–Kier alpha value is -1.59. The summed E-state index contributed by atoms with van der Waals surface area (Å²) in [5.41, 5.74) is 0.662. The van der Waals surface area contributed by atoms with Crippen LogP contribution < -0.4 is 0 Å². The van der Waals surface area contributed by atoms with E-state index in [1.54, 1.807) is 13.8 Å². The predicted molar refractivity (Wildman–Crippen MR) is 109 cm³/mol. The third-order valence-corrected chi connectivity index (χ3v) is 6.23. The van der Waals surface area contributed by atoms with Crippen LogP contribution >= 0.6 is 11.6 Å². The summed E-state index contributed by atoms with van der Waals surface area (Å²) in [6.07, 6.45) is 7.90. The van der Waals surface area contributed by atoms with E-state index >= 15 is 0 Å². The second-order valence-electron chi connectivity index (χ2n) is 8.37. The van der Waals surface area contributed by atoms with Crippen molar-refractivity contribution in [3.05, 3.63) is 34.9 Å². The van der Waals surface area contributed by atoms with E-state index in [9.17, 15) is 14.7 Å². The second-order valence-corrected chi connectivity index (χ2v) is 8.89. The molecule has 0 fully saturated rings. The van der Waals surface area contributed by atoms with Gasteiger partial charge in [-0.2, -0.15) is 0 Å². The molecule has 2 rings (SSSR count). The third-order valence-electron chi connectivity index (χ3n) is 5.54. The topological polar surface area (TPSA) is 72.8 Å². The summed E-state index contributed by atoms with van der Waals surface area (Å²) in [6.45, 7) is 8.66. The number of allylic oxidation sites excluding steroid dienone is 1. The van der Waals surface area contributed by atoms with Crippen LogP contribution in [0.3, 0.4) is 0 Å². The van der Waals surface area contributed by atoms with Crippen molar-refractivity contribution >= 4 is 23.5 Å². The minimum absolute atomic E-state index is 0.309. The summed E-state index contributed by atoms with van der Waals surface area (Å²) in [5.74, 6) is -0.691. The van der Waals surface area contributed by atoms with Crippen molar-refractivity contribution in [2.45, 2.75) is 89.4 Å². The average Bonchev–Trinajstić information content (AvgIpc) is 2.83. The van der Waals surface area contributed by atoms with Crippen LogP contribution in [0, 0.1) is 0 Å². The standard InChI is InChI=1S/C22H31ClO5/c1-14-7-8-19(23)22(5,26)11-6-10-21(4,28-16(3)24)12-9-17-15(2)20(25)27-18(17)13-14/h6,10,13,18-19,26H,7-9,11-12H2,1-5H3. The average molecular weight is 411 g/mol. The fourth-order valence-corrected chi connectivity index (χ4v) is 3.84. The number of esters is 2. The molecule has 0 aromatic rings. The van der Waals surface area contributed by atoms with Gasteiger partial charge in [0, 0.05) is 12.5 Å². The molecule has 4 unspecified atom stereocenters. The number of carbonyl (C=O) groups is 2. The first kappa shape index (κ1) is 22.7. The zero-order valence-corrected chi connectivity index (χ0v) is 18.1. The predicted octanol–water partition coefficient (Wildman–Crippen LogP) is 4.38. The van der Waals surface area contributed by atoms with Crippen LogP contribution in [0.5, 0.6) is 0 Å². The van der Waals surface area contributed by atoms with Crippen molar-refractivity contribution in [1.82, 2.24) is 0 Å². The lowest BCUT2D eigenvalue weighted by molar-refractivity contribution is -0.151. The van der Waals surface area contributed by atoms with Crippen LogP contribution in [-0.4, -0.2) is 39.7 Å². The number of aliphatic hydroxyl groups is 1. The van der Waals surface area contributed by atoms with Gasteiger partial charge in [-0.25, -0.2) is 4.79 Å². The number of rotatable bonds is 1. The number of carbonyl (C=O) groups excluding carboxylic acids is 2. The maximum absolute atomic E-state index is 12.1. The molecule has 0 saturated carbocycles. The molecule has 2 aliphatic rings. The fraction of sp³-hybridized carbons (Fsp3) is 0.636. The molecular weight excluding hydrogens is 380 g/mol. The van der Waals surface area contributed by atoms with Crippen LogP contribution in [0.15, 0.2) is 34.9 Å². The van der Waals surface area contributed by atoms with Crippen molar-refractivity contribution < 1.29 is 24.2 Å². The first-order chi connectivity index (χ1) is 12.9. The molecule has 1 N–H and O–H groups in total. The molecule has 4 atom stereocenters. The molecule has 0 spiro atoms. The Morgan fingerprint density at radius 3 is 2.64 bits per heavy atom. The zero-order chi connectivity index (χ0) is 21.1. The zero-order valence-electron chi connectivity index (χ0n) is 17.4. The molecule has 0 saturated heterocycles.